The summed E-state index contributed by atoms with van der Waals surface area (Å²) < 4.78 is 0.437. The van der Waals surface area contributed by atoms with Crippen LogP contribution in [0.2, 0.25) is 5.02 Å². The van der Waals surface area contributed by atoms with E-state index in [-0.39, 0.29) is 24.1 Å². The van der Waals surface area contributed by atoms with E-state index >= 15 is 0 Å². The number of hydrogen-bond acceptors (Lipinski definition) is 5. The average Bonchev–Trinajstić information content (AvgIpc) is 3.21. The molecular weight excluding hydrogens is 466 g/mol. The number of hydrogen-bond donors (Lipinski definition) is 1. The van der Waals surface area contributed by atoms with Crippen molar-refractivity contribution >= 4 is 74.6 Å². The van der Waals surface area contributed by atoms with E-state index < -0.39 is 11.8 Å². The number of halogens is 1. The molecule has 6 nitrogen and oxygen atoms in total. The third kappa shape index (κ3) is 3.94. The number of rotatable bonds is 5. The van der Waals surface area contributed by atoms with Gasteiger partial charge in [-0.15, -0.1) is 0 Å². The van der Waals surface area contributed by atoms with Crippen molar-refractivity contribution in [2.75, 3.05) is 16.8 Å². The summed E-state index contributed by atoms with van der Waals surface area (Å²) in [5, 5.41) is 3.14. The Balaban J connectivity index is 1.67. The SMILES string of the molecule is CCC(C)N1C(=O)/C(=C2/C(=O)N(CC(=O)Nc3ccccc3Cl)c3ccccc32)SC1=S. The zero-order chi connectivity index (χ0) is 23.0. The van der Waals surface area contributed by atoms with Gasteiger partial charge in [0.05, 0.1) is 26.9 Å². The number of carbonyl (C=O) groups excluding carboxylic acids is 3. The van der Waals surface area contributed by atoms with E-state index in [0.717, 1.165) is 18.2 Å². The number of carbonyl (C=O) groups is 3. The maximum atomic E-state index is 13.4. The first-order chi connectivity index (χ1) is 15.3. The molecule has 0 spiro atoms. The highest BCUT2D eigenvalue weighted by Crippen LogP contribution is 2.45. The Kier molecular flexibility index (Phi) is 6.37. The largest absolute Gasteiger partial charge is 0.323 e. The summed E-state index contributed by atoms with van der Waals surface area (Å²) in [5.74, 6) is -1.06. The Morgan fingerprint density at radius 1 is 1.12 bits per heavy atom. The van der Waals surface area contributed by atoms with Gasteiger partial charge in [0.1, 0.15) is 10.9 Å². The molecule has 2 aliphatic rings. The second-order valence-electron chi connectivity index (χ2n) is 7.44. The molecule has 2 aromatic rings. The zero-order valence-electron chi connectivity index (χ0n) is 17.4. The van der Waals surface area contributed by atoms with Gasteiger partial charge in [0, 0.05) is 11.6 Å². The topological polar surface area (TPSA) is 69.7 Å². The molecule has 0 aliphatic carbocycles. The minimum absolute atomic E-state index is 0.0650. The Bertz CT molecular complexity index is 1180. The molecule has 4 rings (SSSR count). The minimum Gasteiger partial charge on any atom is -0.323 e. The van der Waals surface area contributed by atoms with Gasteiger partial charge in [0.15, 0.2) is 0 Å². The highest BCUT2D eigenvalue weighted by atomic mass is 35.5. The number of fused-ring (bicyclic) bond motifs is 1. The smallest absolute Gasteiger partial charge is 0.267 e. The maximum Gasteiger partial charge on any atom is 0.267 e. The molecule has 1 unspecified atom stereocenters. The molecule has 3 amide bonds. The van der Waals surface area contributed by atoms with Gasteiger partial charge in [-0.1, -0.05) is 72.8 Å². The lowest BCUT2D eigenvalue weighted by atomic mass is 10.1. The second kappa shape index (κ2) is 9.05. The second-order valence-corrected chi connectivity index (χ2v) is 9.49. The number of amides is 3. The van der Waals surface area contributed by atoms with Gasteiger partial charge >= 0.3 is 0 Å². The van der Waals surface area contributed by atoms with Crippen LogP contribution in [-0.2, 0) is 14.4 Å². The summed E-state index contributed by atoms with van der Waals surface area (Å²) in [4.78, 5) is 42.6. The van der Waals surface area contributed by atoms with Crippen LogP contribution in [0, 0.1) is 0 Å². The minimum atomic E-state index is -0.398. The van der Waals surface area contributed by atoms with Crippen LogP contribution >= 0.6 is 35.6 Å². The molecule has 1 atom stereocenters. The van der Waals surface area contributed by atoms with E-state index in [2.05, 4.69) is 5.32 Å². The van der Waals surface area contributed by atoms with E-state index in [1.54, 1.807) is 53.4 Å². The van der Waals surface area contributed by atoms with Gasteiger partial charge < -0.3 is 5.32 Å². The predicted octanol–water partition coefficient (Wildman–Crippen LogP) is 4.70. The normalized spacial score (nSPS) is 18.9. The molecule has 2 heterocycles. The van der Waals surface area contributed by atoms with Crippen molar-refractivity contribution in [2.24, 2.45) is 0 Å². The van der Waals surface area contributed by atoms with Gasteiger partial charge in [0.25, 0.3) is 11.8 Å². The summed E-state index contributed by atoms with van der Waals surface area (Å²) in [5.41, 5.74) is 1.95. The summed E-state index contributed by atoms with van der Waals surface area (Å²) in [6.07, 6.45) is 0.744. The van der Waals surface area contributed by atoms with Crippen molar-refractivity contribution in [3.8, 4) is 0 Å². The van der Waals surface area contributed by atoms with Crippen molar-refractivity contribution in [3.63, 3.8) is 0 Å². The standard InChI is InChI=1S/C23H20ClN3O3S2/c1-3-13(2)27-22(30)20(32-23(27)31)19-14-8-4-7-11-17(14)26(21(19)29)12-18(28)25-16-10-6-5-9-15(16)24/h4-11,13H,3,12H2,1-2H3,(H,25,28)/b20-19-. The number of anilines is 2. The molecule has 1 saturated heterocycles. The fourth-order valence-electron chi connectivity index (χ4n) is 3.65. The molecule has 1 fully saturated rings. The van der Waals surface area contributed by atoms with E-state index in [1.807, 2.05) is 13.8 Å². The lowest BCUT2D eigenvalue weighted by Crippen LogP contribution is -2.37. The van der Waals surface area contributed by atoms with Crippen LogP contribution in [0.4, 0.5) is 11.4 Å². The summed E-state index contributed by atoms with van der Waals surface area (Å²) in [7, 11) is 0. The first-order valence-electron chi connectivity index (χ1n) is 10.1. The third-order valence-corrected chi connectivity index (χ3v) is 7.16. The zero-order valence-corrected chi connectivity index (χ0v) is 19.8. The highest BCUT2D eigenvalue weighted by Gasteiger charge is 2.43. The quantitative estimate of drug-likeness (QED) is 0.491. The lowest BCUT2D eigenvalue weighted by molar-refractivity contribution is -0.123. The van der Waals surface area contributed by atoms with Crippen molar-refractivity contribution in [1.29, 1.82) is 0 Å². The van der Waals surface area contributed by atoms with Gasteiger partial charge in [-0.2, -0.15) is 0 Å². The molecule has 2 aromatic carbocycles. The monoisotopic (exact) mass is 485 g/mol. The maximum absolute atomic E-state index is 13.4. The number of nitrogens with one attached hydrogen (secondary N) is 1. The van der Waals surface area contributed by atoms with E-state index in [0.29, 0.717) is 31.2 Å². The number of thioether (sulfide) groups is 1. The molecule has 0 radical (unpaired) electrons. The number of benzene rings is 2. The van der Waals surface area contributed by atoms with Crippen LogP contribution in [0.5, 0.6) is 0 Å². The molecule has 32 heavy (non-hydrogen) atoms. The van der Waals surface area contributed by atoms with Gasteiger partial charge in [-0.05, 0) is 31.5 Å². The van der Waals surface area contributed by atoms with Crippen LogP contribution in [0.25, 0.3) is 5.57 Å². The molecule has 164 valence electrons. The first-order valence-corrected chi connectivity index (χ1v) is 11.7. The molecule has 0 saturated carbocycles. The molecule has 2 aliphatic heterocycles. The van der Waals surface area contributed by atoms with E-state index in [1.165, 1.54) is 4.90 Å². The van der Waals surface area contributed by atoms with Crippen LogP contribution in [-0.4, -0.2) is 39.5 Å². The number of thiocarbonyl (C=S) groups is 1. The molecule has 0 aromatic heterocycles. The predicted molar refractivity (Wildman–Crippen MR) is 133 cm³/mol. The van der Waals surface area contributed by atoms with E-state index in [4.69, 9.17) is 23.8 Å². The van der Waals surface area contributed by atoms with Gasteiger partial charge in [0.2, 0.25) is 5.91 Å². The Labute approximate surface area is 200 Å². The average molecular weight is 486 g/mol. The summed E-state index contributed by atoms with van der Waals surface area (Å²) in [6.45, 7) is 3.69. The Morgan fingerprint density at radius 3 is 2.53 bits per heavy atom. The molecular formula is C23H20ClN3O3S2. The summed E-state index contributed by atoms with van der Waals surface area (Å²) in [6, 6.07) is 14.0. The first kappa shape index (κ1) is 22.5. The Morgan fingerprint density at radius 2 is 1.81 bits per heavy atom. The van der Waals surface area contributed by atoms with E-state index in [9.17, 15) is 14.4 Å². The van der Waals surface area contributed by atoms with Crippen molar-refractivity contribution in [3.05, 3.63) is 64.0 Å². The molecule has 9 heteroatoms. The molecule has 1 N–H and O–H groups in total. The fourth-order valence-corrected chi connectivity index (χ4v) is 5.36. The van der Waals surface area contributed by atoms with Crippen molar-refractivity contribution in [2.45, 2.75) is 26.3 Å². The van der Waals surface area contributed by atoms with Crippen molar-refractivity contribution < 1.29 is 14.4 Å². The summed E-state index contributed by atoms with van der Waals surface area (Å²) >= 11 is 12.7. The number of nitrogens with zero attached hydrogens (tertiary/aromatic N) is 2. The molecule has 0 bridgehead atoms. The van der Waals surface area contributed by atoms with Crippen LogP contribution in [0.3, 0.4) is 0 Å². The van der Waals surface area contributed by atoms with Crippen LogP contribution in [0.1, 0.15) is 25.8 Å². The fraction of sp³-hybridized carbons (Fsp3) is 0.217. The highest BCUT2D eigenvalue weighted by molar-refractivity contribution is 8.26. The van der Waals surface area contributed by atoms with Gasteiger partial charge in [-0.3, -0.25) is 24.2 Å². The Hall–Kier alpha value is -2.68. The third-order valence-electron chi connectivity index (χ3n) is 5.43. The van der Waals surface area contributed by atoms with Gasteiger partial charge in [-0.25, -0.2) is 0 Å². The number of para-hydroxylation sites is 2. The van der Waals surface area contributed by atoms with Crippen LogP contribution in [0.15, 0.2) is 53.4 Å². The van der Waals surface area contributed by atoms with Crippen molar-refractivity contribution in [1.82, 2.24) is 4.90 Å². The van der Waals surface area contributed by atoms with Crippen LogP contribution < -0.4 is 10.2 Å². The lowest BCUT2D eigenvalue weighted by Gasteiger charge is -2.21.